The zero-order chi connectivity index (χ0) is 13.8. The fourth-order valence-corrected chi connectivity index (χ4v) is 3.74. The van der Waals surface area contributed by atoms with Crippen LogP contribution in [0, 0.1) is 5.92 Å². The van der Waals surface area contributed by atoms with Crippen LogP contribution in [-0.4, -0.2) is 54.3 Å². The number of hydrogen-bond donors (Lipinski definition) is 1. The van der Waals surface area contributed by atoms with Crippen LogP contribution in [0.25, 0.3) is 0 Å². The van der Waals surface area contributed by atoms with Crippen LogP contribution in [-0.2, 0) is 15.0 Å². The smallest absolute Gasteiger partial charge is 0.318 e. The third-order valence-corrected chi connectivity index (χ3v) is 5.16. The van der Waals surface area contributed by atoms with Gasteiger partial charge in [0.15, 0.2) is 0 Å². The van der Waals surface area contributed by atoms with E-state index in [9.17, 15) is 13.2 Å². The first kappa shape index (κ1) is 15.4. The van der Waals surface area contributed by atoms with Gasteiger partial charge in [-0.1, -0.05) is 13.8 Å². The number of aliphatic carboxylic acids is 1. The first-order valence-corrected chi connectivity index (χ1v) is 7.74. The van der Waals surface area contributed by atoms with Gasteiger partial charge >= 0.3 is 5.97 Å². The lowest BCUT2D eigenvalue weighted by molar-refractivity contribution is -0.137. The molecule has 1 saturated heterocycles. The topological polar surface area (TPSA) is 77.9 Å². The van der Waals surface area contributed by atoms with Gasteiger partial charge < -0.3 is 5.11 Å². The van der Waals surface area contributed by atoms with Crippen LogP contribution in [0.2, 0.25) is 0 Å². The Balaban J connectivity index is 2.77. The Labute approximate surface area is 109 Å². The van der Waals surface area contributed by atoms with Crippen LogP contribution >= 0.6 is 0 Å². The quantitative estimate of drug-likeness (QED) is 0.778. The molecule has 1 N–H and O–H groups in total. The van der Waals surface area contributed by atoms with Crippen molar-refractivity contribution in [3.8, 4) is 0 Å². The molecule has 106 valence electrons. The molecule has 7 heteroatoms. The third-order valence-electron chi connectivity index (χ3n) is 3.18. The van der Waals surface area contributed by atoms with Crippen molar-refractivity contribution < 1.29 is 18.3 Å². The lowest BCUT2D eigenvalue weighted by Gasteiger charge is -2.33. The standard InChI is InChI=1S/C11H22N2O4S/c1-3-6-13(9-11(14)15)18(16,17)12-7-4-10(2)5-8-12/h10H,3-9H2,1-2H3,(H,14,15). The number of rotatable bonds is 6. The maximum atomic E-state index is 12.3. The second-order valence-corrected chi connectivity index (χ2v) is 6.75. The zero-order valence-electron chi connectivity index (χ0n) is 11.0. The number of hydrogen-bond acceptors (Lipinski definition) is 3. The molecule has 0 spiro atoms. The second kappa shape index (κ2) is 6.49. The highest BCUT2D eigenvalue weighted by atomic mass is 32.2. The predicted octanol–water partition coefficient (Wildman–Crippen LogP) is 0.760. The molecule has 0 bridgehead atoms. The summed E-state index contributed by atoms with van der Waals surface area (Å²) in [7, 11) is -3.62. The summed E-state index contributed by atoms with van der Waals surface area (Å²) in [4.78, 5) is 10.7. The summed E-state index contributed by atoms with van der Waals surface area (Å²) in [6, 6.07) is 0. The minimum absolute atomic E-state index is 0.251. The van der Waals surface area contributed by atoms with Gasteiger partial charge in [0.2, 0.25) is 0 Å². The molecule has 6 nitrogen and oxygen atoms in total. The summed E-state index contributed by atoms with van der Waals surface area (Å²) in [6.07, 6.45) is 2.29. The first-order valence-electron chi connectivity index (χ1n) is 6.35. The van der Waals surface area contributed by atoms with Gasteiger partial charge in [0.1, 0.15) is 6.54 Å². The molecule has 0 aromatic rings. The SMILES string of the molecule is CCCN(CC(=O)O)S(=O)(=O)N1CCC(C)CC1. The number of carboxylic acid groups (broad SMARTS) is 1. The van der Waals surface area contributed by atoms with Crippen LogP contribution in [0.1, 0.15) is 33.1 Å². The summed E-state index contributed by atoms with van der Waals surface area (Å²) in [6.45, 7) is 4.71. The van der Waals surface area contributed by atoms with Gasteiger partial charge in [0.25, 0.3) is 10.2 Å². The van der Waals surface area contributed by atoms with Gasteiger partial charge in [-0.15, -0.1) is 0 Å². The van der Waals surface area contributed by atoms with E-state index in [1.807, 2.05) is 6.92 Å². The minimum Gasteiger partial charge on any atom is -0.480 e. The van der Waals surface area contributed by atoms with Crippen molar-refractivity contribution in [2.24, 2.45) is 5.92 Å². The van der Waals surface area contributed by atoms with E-state index in [-0.39, 0.29) is 6.54 Å². The molecule has 18 heavy (non-hydrogen) atoms. The van der Waals surface area contributed by atoms with Crippen molar-refractivity contribution in [3.05, 3.63) is 0 Å². The van der Waals surface area contributed by atoms with Gasteiger partial charge in [-0.05, 0) is 25.2 Å². The van der Waals surface area contributed by atoms with Crippen molar-refractivity contribution in [3.63, 3.8) is 0 Å². The Morgan fingerprint density at radius 1 is 1.39 bits per heavy atom. The molecule has 0 aromatic carbocycles. The Bertz CT molecular complexity index is 375. The van der Waals surface area contributed by atoms with E-state index >= 15 is 0 Å². The Hall–Kier alpha value is -0.660. The fraction of sp³-hybridized carbons (Fsp3) is 0.909. The van der Waals surface area contributed by atoms with E-state index in [0.29, 0.717) is 25.4 Å². The fourth-order valence-electron chi connectivity index (χ4n) is 2.06. The number of nitrogens with zero attached hydrogens (tertiary/aromatic N) is 2. The Kier molecular flexibility index (Phi) is 5.55. The normalized spacial score (nSPS) is 19.3. The third kappa shape index (κ3) is 3.93. The largest absolute Gasteiger partial charge is 0.480 e. The number of carbonyl (C=O) groups is 1. The van der Waals surface area contributed by atoms with Crippen molar-refractivity contribution in [1.29, 1.82) is 0 Å². The molecule has 0 amide bonds. The van der Waals surface area contributed by atoms with E-state index in [2.05, 4.69) is 6.92 Å². The highest BCUT2D eigenvalue weighted by Crippen LogP contribution is 2.20. The van der Waals surface area contributed by atoms with Crippen molar-refractivity contribution >= 4 is 16.2 Å². The summed E-state index contributed by atoms with van der Waals surface area (Å²) in [5.74, 6) is -0.576. The maximum absolute atomic E-state index is 12.3. The number of piperidine rings is 1. The van der Waals surface area contributed by atoms with E-state index in [1.54, 1.807) is 0 Å². The molecule has 1 fully saturated rings. The zero-order valence-corrected chi connectivity index (χ0v) is 11.8. The van der Waals surface area contributed by atoms with Gasteiger partial charge in [0, 0.05) is 19.6 Å². The molecule has 0 unspecified atom stereocenters. The molecule has 1 aliphatic rings. The highest BCUT2D eigenvalue weighted by Gasteiger charge is 2.32. The molecule has 0 saturated carbocycles. The van der Waals surface area contributed by atoms with Crippen LogP contribution < -0.4 is 0 Å². The summed E-state index contributed by atoms with van der Waals surface area (Å²) in [5, 5.41) is 8.79. The van der Waals surface area contributed by atoms with Gasteiger partial charge in [-0.3, -0.25) is 4.79 Å². The molecule has 0 aliphatic carbocycles. The predicted molar refractivity (Wildman–Crippen MR) is 68.4 cm³/mol. The Morgan fingerprint density at radius 2 is 1.94 bits per heavy atom. The molecule has 0 radical (unpaired) electrons. The molecular formula is C11H22N2O4S. The van der Waals surface area contributed by atoms with Gasteiger partial charge in [0.05, 0.1) is 0 Å². The lowest BCUT2D eigenvalue weighted by atomic mass is 10.0. The molecule has 1 aliphatic heterocycles. The van der Waals surface area contributed by atoms with Crippen LogP contribution in [0.15, 0.2) is 0 Å². The van der Waals surface area contributed by atoms with E-state index in [1.165, 1.54) is 4.31 Å². The lowest BCUT2D eigenvalue weighted by Crippen LogP contribution is -2.48. The molecular weight excluding hydrogens is 256 g/mol. The van der Waals surface area contributed by atoms with Crippen molar-refractivity contribution in [1.82, 2.24) is 8.61 Å². The maximum Gasteiger partial charge on any atom is 0.318 e. The first-order chi connectivity index (χ1) is 8.37. The van der Waals surface area contributed by atoms with E-state index in [0.717, 1.165) is 17.1 Å². The molecule has 1 heterocycles. The molecule has 1 rings (SSSR count). The van der Waals surface area contributed by atoms with Gasteiger partial charge in [-0.25, -0.2) is 0 Å². The number of carboxylic acids is 1. The van der Waals surface area contributed by atoms with Crippen molar-refractivity contribution in [2.75, 3.05) is 26.2 Å². The Morgan fingerprint density at radius 3 is 2.39 bits per heavy atom. The van der Waals surface area contributed by atoms with Crippen LogP contribution in [0.5, 0.6) is 0 Å². The van der Waals surface area contributed by atoms with Gasteiger partial charge in [-0.2, -0.15) is 17.0 Å². The molecule has 0 aromatic heterocycles. The average Bonchev–Trinajstić information content (AvgIpc) is 2.28. The monoisotopic (exact) mass is 278 g/mol. The van der Waals surface area contributed by atoms with Crippen LogP contribution in [0.3, 0.4) is 0 Å². The average molecular weight is 278 g/mol. The summed E-state index contributed by atoms with van der Waals surface area (Å²) < 4.78 is 27.1. The van der Waals surface area contributed by atoms with Crippen molar-refractivity contribution in [2.45, 2.75) is 33.1 Å². The molecule has 0 atom stereocenters. The highest BCUT2D eigenvalue weighted by molar-refractivity contribution is 7.86. The summed E-state index contributed by atoms with van der Waals surface area (Å²) >= 11 is 0. The van der Waals surface area contributed by atoms with E-state index in [4.69, 9.17) is 5.11 Å². The van der Waals surface area contributed by atoms with Crippen LogP contribution in [0.4, 0.5) is 0 Å². The van der Waals surface area contributed by atoms with E-state index < -0.39 is 22.7 Å². The second-order valence-electron chi connectivity index (χ2n) is 4.82. The summed E-state index contributed by atoms with van der Waals surface area (Å²) in [5.41, 5.74) is 0. The minimum atomic E-state index is -3.62.